The summed E-state index contributed by atoms with van der Waals surface area (Å²) in [7, 11) is 0. The molecule has 1 saturated carbocycles. The van der Waals surface area contributed by atoms with Crippen molar-refractivity contribution in [3.63, 3.8) is 0 Å². The van der Waals surface area contributed by atoms with Gasteiger partial charge in [0.2, 0.25) is 0 Å². The number of halogens is 2. The Kier molecular flexibility index (Phi) is 4.95. The number of nitrogens with zero attached hydrogens (tertiary/aromatic N) is 8. The van der Waals surface area contributed by atoms with E-state index in [0.29, 0.717) is 16.9 Å². The van der Waals surface area contributed by atoms with Gasteiger partial charge in [-0.2, -0.15) is 0 Å². The van der Waals surface area contributed by atoms with Crippen molar-refractivity contribution in [2.24, 2.45) is 0 Å². The first kappa shape index (κ1) is 19.1. The molecular formula is C19H16ClFN8S. The van der Waals surface area contributed by atoms with E-state index in [1.54, 1.807) is 12.4 Å². The van der Waals surface area contributed by atoms with E-state index in [9.17, 15) is 4.39 Å². The van der Waals surface area contributed by atoms with Gasteiger partial charge >= 0.3 is 0 Å². The van der Waals surface area contributed by atoms with E-state index in [4.69, 9.17) is 11.6 Å². The maximum absolute atomic E-state index is 14.1. The number of hydrogen-bond acceptors (Lipinski definition) is 7. The van der Waals surface area contributed by atoms with Crippen LogP contribution in [0.1, 0.15) is 36.9 Å². The van der Waals surface area contributed by atoms with Crippen molar-refractivity contribution in [1.82, 2.24) is 40.0 Å². The molecule has 4 aromatic rings. The molecule has 1 unspecified atom stereocenters. The maximum atomic E-state index is 14.1. The summed E-state index contributed by atoms with van der Waals surface area (Å²) < 4.78 is 16.3. The fourth-order valence-corrected chi connectivity index (χ4v) is 4.18. The number of thioether (sulfide) groups is 1. The van der Waals surface area contributed by atoms with E-state index in [0.717, 1.165) is 34.2 Å². The van der Waals surface area contributed by atoms with Gasteiger partial charge in [0.05, 0.1) is 5.25 Å². The van der Waals surface area contributed by atoms with Gasteiger partial charge in [-0.05, 0) is 55.3 Å². The van der Waals surface area contributed by atoms with Gasteiger partial charge in [0.25, 0.3) is 0 Å². The first-order valence-electron chi connectivity index (χ1n) is 9.37. The molecule has 0 bridgehead atoms. The lowest BCUT2D eigenvalue weighted by Gasteiger charge is -2.10. The average Bonchev–Trinajstić information content (AvgIpc) is 3.31. The van der Waals surface area contributed by atoms with Crippen LogP contribution in [0.15, 0.2) is 47.9 Å². The fourth-order valence-electron chi connectivity index (χ4n) is 3.06. The lowest BCUT2D eigenvalue weighted by Crippen LogP contribution is -2.03. The number of hydrogen-bond donors (Lipinski definition) is 0. The second-order valence-corrected chi connectivity index (χ2v) is 8.68. The highest BCUT2D eigenvalue weighted by Gasteiger charge is 2.31. The van der Waals surface area contributed by atoms with Crippen LogP contribution in [0.4, 0.5) is 4.39 Å². The molecule has 0 saturated heterocycles. The minimum atomic E-state index is -0.473. The number of rotatable bonds is 6. The van der Waals surface area contributed by atoms with Crippen molar-refractivity contribution in [2.75, 3.05) is 0 Å². The molecule has 3 heterocycles. The van der Waals surface area contributed by atoms with Crippen molar-refractivity contribution in [1.29, 1.82) is 0 Å². The zero-order valence-corrected chi connectivity index (χ0v) is 17.4. The molecule has 1 atom stereocenters. The first-order valence-corrected chi connectivity index (χ1v) is 10.6. The molecule has 0 radical (unpaired) electrons. The maximum Gasteiger partial charge on any atom is 0.192 e. The van der Waals surface area contributed by atoms with Gasteiger partial charge in [-0.15, -0.1) is 25.2 Å². The van der Waals surface area contributed by atoms with Gasteiger partial charge in [0, 0.05) is 29.0 Å². The largest absolute Gasteiger partial charge is 0.299 e. The summed E-state index contributed by atoms with van der Waals surface area (Å²) in [5.74, 6) is 0.821. The molecule has 1 fully saturated rings. The van der Waals surface area contributed by atoms with Crippen LogP contribution in [0.5, 0.6) is 0 Å². The van der Waals surface area contributed by atoms with Crippen LogP contribution in [0.25, 0.3) is 17.1 Å². The van der Waals surface area contributed by atoms with Crippen LogP contribution in [0, 0.1) is 5.82 Å². The van der Waals surface area contributed by atoms with Crippen molar-refractivity contribution in [3.8, 4) is 17.1 Å². The Labute approximate surface area is 180 Å². The van der Waals surface area contributed by atoms with E-state index in [2.05, 4.69) is 35.2 Å². The predicted octanol–water partition coefficient (Wildman–Crippen LogP) is 4.30. The summed E-state index contributed by atoms with van der Waals surface area (Å²) >= 11 is 7.47. The van der Waals surface area contributed by atoms with Crippen LogP contribution in [0.2, 0.25) is 5.02 Å². The second kappa shape index (κ2) is 7.77. The summed E-state index contributed by atoms with van der Waals surface area (Å²) in [5.41, 5.74) is 1.13. The van der Waals surface area contributed by atoms with Gasteiger partial charge in [-0.3, -0.25) is 9.55 Å². The number of benzene rings is 1. The van der Waals surface area contributed by atoms with E-state index in [1.165, 1.54) is 30.0 Å². The number of pyridine rings is 1. The minimum absolute atomic E-state index is 0.152. The summed E-state index contributed by atoms with van der Waals surface area (Å²) in [6.07, 6.45) is 5.68. The Hall–Kier alpha value is -2.85. The second-order valence-electron chi connectivity index (χ2n) is 6.94. The third-order valence-corrected chi connectivity index (χ3v) is 6.00. The monoisotopic (exact) mass is 442 g/mol. The van der Waals surface area contributed by atoms with Gasteiger partial charge in [-0.1, -0.05) is 23.4 Å². The lowest BCUT2D eigenvalue weighted by molar-refractivity contribution is 0.591. The first-order chi connectivity index (χ1) is 14.6. The Morgan fingerprint density at radius 3 is 2.70 bits per heavy atom. The highest BCUT2D eigenvalue weighted by Crippen LogP contribution is 2.43. The third-order valence-electron chi connectivity index (χ3n) is 4.71. The molecule has 1 aromatic carbocycles. The van der Waals surface area contributed by atoms with Gasteiger partial charge in [0.1, 0.15) is 5.69 Å². The van der Waals surface area contributed by atoms with Crippen molar-refractivity contribution in [2.45, 2.75) is 36.2 Å². The summed E-state index contributed by atoms with van der Waals surface area (Å²) in [6.45, 7) is 1.96. The average molecular weight is 443 g/mol. The van der Waals surface area contributed by atoms with Crippen LogP contribution in [-0.4, -0.2) is 40.0 Å². The predicted molar refractivity (Wildman–Crippen MR) is 110 cm³/mol. The van der Waals surface area contributed by atoms with E-state index in [-0.39, 0.29) is 10.9 Å². The molecule has 0 amide bonds. The molecular weight excluding hydrogens is 427 g/mol. The highest BCUT2D eigenvalue weighted by molar-refractivity contribution is 7.99. The molecule has 1 aliphatic carbocycles. The lowest BCUT2D eigenvalue weighted by atomic mass is 10.2. The Morgan fingerprint density at radius 2 is 1.93 bits per heavy atom. The van der Waals surface area contributed by atoms with Crippen molar-refractivity contribution >= 4 is 23.4 Å². The van der Waals surface area contributed by atoms with Crippen molar-refractivity contribution < 1.29 is 4.39 Å². The fraction of sp³-hybridized carbons (Fsp3) is 0.263. The molecule has 0 N–H and O–H groups in total. The number of tetrazole rings is 1. The third kappa shape index (κ3) is 3.68. The normalized spacial score (nSPS) is 14.8. The Balaban J connectivity index is 1.41. The molecule has 0 spiro atoms. The molecule has 11 heteroatoms. The van der Waals surface area contributed by atoms with Crippen molar-refractivity contribution in [3.05, 3.63) is 59.4 Å². The quantitative estimate of drug-likeness (QED) is 0.411. The zero-order chi connectivity index (χ0) is 20.7. The topological polar surface area (TPSA) is 87.2 Å². The molecule has 8 nitrogen and oxygen atoms in total. The van der Waals surface area contributed by atoms with E-state index >= 15 is 0 Å². The summed E-state index contributed by atoms with van der Waals surface area (Å²) in [4.78, 5) is 5.23. The van der Waals surface area contributed by atoms with Crippen LogP contribution in [-0.2, 0) is 0 Å². The minimum Gasteiger partial charge on any atom is -0.299 e. The van der Waals surface area contributed by atoms with E-state index < -0.39 is 5.82 Å². The van der Waals surface area contributed by atoms with Crippen LogP contribution < -0.4 is 0 Å². The molecule has 5 rings (SSSR count). The summed E-state index contributed by atoms with van der Waals surface area (Å²) in [5, 5.41) is 22.3. The molecule has 152 valence electrons. The zero-order valence-electron chi connectivity index (χ0n) is 15.9. The van der Waals surface area contributed by atoms with Crippen LogP contribution in [0.3, 0.4) is 0 Å². The highest BCUT2D eigenvalue weighted by atomic mass is 35.5. The standard InChI is InChI=1S/C19H16ClFN8S/c1-11(17-23-27-29(26-17)16-10-13(20)2-5-15(16)21)30-19-25-24-18(28(19)14-3-4-14)12-6-8-22-9-7-12/h2,5-11,14H,3-4H2,1H3. The van der Waals surface area contributed by atoms with Crippen LogP contribution >= 0.6 is 23.4 Å². The Bertz CT molecular complexity index is 1190. The smallest absolute Gasteiger partial charge is 0.192 e. The van der Waals surface area contributed by atoms with Gasteiger partial charge < -0.3 is 0 Å². The SMILES string of the molecule is CC(Sc1nnc(-c2ccncc2)n1C1CC1)c1nnn(-c2cc(Cl)ccc2F)n1. The number of aromatic nitrogens is 8. The molecule has 1 aliphatic rings. The van der Waals surface area contributed by atoms with E-state index in [1.807, 2.05) is 19.1 Å². The molecule has 3 aromatic heterocycles. The summed E-state index contributed by atoms with van der Waals surface area (Å²) in [6, 6.07) is 8.45. The Morgan fingerprint density at radius 1 is 1.13 bits per heavy atom. The molecule has 0 aliphatic heterocycles. The van der Waals surface area contributed by atoms with Gasteiger partial charge in [0.15, 0.2) is 22.6 Å². The molecule has 30 heavy (non-hydrogen) atoms. The van der Waals surface area contributed by atoms with Gasteiger partial charge in [-0.25, -0.2) is 4.39 Å².